The third-order valence-corrected chi connectivity index (χ3v) is 3.78. The number of rotatable bonds is 6. The number of anilines is 1. The first-order valence-electron chi connectivity index (χ1n) is 7.86. The second kappa shape index (κ2) is 7.46. The molecule has 0 spiro atoms. The van der Waals surface area contributed by atoms with Gasteiger partial charge in [-0.1, -0.05) is 26.0 Å². The summed E-state index contributed by atoms with van der Waals surface area (Å²) < 4.78 is 0. The van der Waals surface area contributed by atoms with Gasteiger partial charge >= 0.3 is 0 Å². The minimum atomic E-state index is 0.0634. The van der Waals surface area contributed by atoms with Crippen LogP contribution in [0.4, 0.5) is 5.69 Å². The summed E-state index contributed by atoms with van der Waals surface area (Å²) in [5.41, 5.74) is 2.56. The summed E-state index contributed by atoms with van der Waals surface area (Å²) in [6.45, 7) is 9.91. The van der Waals surface area contributed by atoms with E-state index in [9.17, 15) is 4.79 Å². The fraction of sp³-hybridized carbons (Fsp3) is 0.588. The van der Waals surface area contributed by atoms with Gasteiger partial charge in [-0.15, -0.1) is 0 Å². The molecule has 21 heavy (non-hydrogen) atoms. The van der Waals surface area contributed by atoms with Gasteiger partial charge < -0.3 is 15.5 Å². The van der Waals surface area contributed by atoms with Gasteiger partial charge in [-0.3, -0.25) is 4.79 Å². The average molecular weight is 289 g/mol. The van der Waals surface area contributed by atoms with E-state index in [1.807, 2.05) is 0 Å². The number of carbonyl (C=O) groups excluding carboxylic acids is 1. The molecule has 1 unspecified atom stereocenters. The van der Waals surface area contributed by atoms with Gasteiger partial charge in [0.15, 0.2) is 0 Å². The number of carbonyl (C=O) groups is 1. The first-order chi connectivity index (χ1) is 10.0. The van der Waals surface area contributed by atoms with E-state index < -0.39 is 0 Å². The van der Waals surface area contributed by atoms with Gasteiger partial charge in [-0.25, -0.2) is 0 Å². The maximum atomic E-state index is 11.1. The van der Waals surface area contributed by atoms with Gasteiger partial charge in [0.1, 0.15) is 0 Å². The first kappa shape index (κ1) is 15.8. The molecule has 1 aliphatic heterocycles. The lowest BCUT2D eigenvalue weighted by atomic mass is 10.2. The van der Waals surface area contributed by atoms with Gasteiger partial charge in [0.2, 0.25) is 5.91 Å². The highest BCUT2D eigenvalue weighted by Crippen LogP contribution is 2.20. The van der Waals surface area contributed by atoms with E-state index in [2.05, 4.69) is 53.6 Å². The zero-order chi connectivity index (χ0) is 15.2. The van der Waals surface area contributed by atoms with Gasteiger partial charge in [-0.2, -0.15) is 0 Å². The summed E-state index contributed by atoms with van der Waals surface area (Å²) in [7, 11) is 0. The second-order valence-corrected chi connectivity index (χ2v) is 6.32. The molecule has 1 aromatic rings. The Labute approximate surface area is 127 Å². The zero-order valence-corrected chi connectivity index (χ0v) is 13.4. The number of hydrogen-bond acceptors (Lipinski definition) is 3. The fourth-order valence-electron chi connectivity index (χ4n) is 2.73. The number of nitrogens with one attached hydrogen (secondary N) is 2. The molecule has 4 heteroatoms. The molecule has 0 aromatic heterocycles. The van der Waals surface area contributed by atoms with Crippen LogP contribution in [0.1, 0.15) is 32.8 Å². The van der Waals surface area contributed by atoms with Crippen molar-refractivity contribution in [3.05, 3.63) is 29.8 Å². The third kappa shape index (κ3) is 5.05. The molecule has 0 saturated carbocycles. The lowest BCUT2D eigenvalue weighted by Gasteiger charge is -2.19. The minimum absolute atomic E-state index is 0.0634. The standard InChI is InChI=1S/C17H27N3O/c1-13(2)10-18-11-15-4-6-17(7-5-15)20-9-8-16(12-20)19-14(3)21/h4-7,13,16,18H,8-12H2,1-3H3,(H,19,21). The molecule has 0 bridgehead atoms. The van der Waals surface area contributed by atoms with Crippen LogP contribution in [0.2, 0.25) is 0 Å². The maximum Gasteiger partial charge on any atom is 0.217 e. The summed E-state index contributed by atoms with van der Waals surface area (Å²) in [5.74, 6) is 0.744. The van der Waals surface area contributed by atoms with Crippen LogP contribution < -0.4 is 15.5 Å². The SMILES string of the molecule is CC(=O)NC1CCN(c2ccc(CNCC(C)C)cc2)C1. The molecule has 116 valence electrons. The highest BCUT2D eigenvalue weighted by atomic mass is 16.1. The van der Waals surface area contributed by atoms with Gasteiger partial charge in [0.05, 0.1) is 0 Å². The van der Waals surface area contributed by atoms with Crippen molar-refractivity contribution in [1.82, 2.24) is 10.6 Å². The highest BCUT2D eigenvalue weighted by molar-refractivity contribution is 5.73. The Bertz CT molecular complexity index is 456. The van der Waals surface area contributed by atoms with Crippen LogP contribution in [-0.2, 0) is 11.3 Å². The van der Waals surface area contributed by atoms with E-state index in [0.29, 0.717) is 5.92 Å². The Kier molecular flexibility index (Phi) is 5.62. The number of hydrogen-bond donors (Lipinski definition) is 2. The summed E-state index contributed by atoms with van der Waals surface area (Å²) in [6, 6.07) is 9.03. The average Bonchev–Trinajstić information content (AvgIpc) is 2.87. The minimum Gasteiger partial charge on any atom is -0.369 e. The summed E-state index contributed by atoms with van der Waals surface area (Å²) in [5, 5.41) is 6.46. The third-order valence-electron chi connectivity index (χ3n) is 3.78. The van der Waals surface area contributed by atoms with Crippen LogP contribution in [0.25, 0.3) is 0 Å². The van der Waals surface area contributed by atoms with Crippen LogP contribution in [0, 0.1) is 5.92 Å². The van der Waals surface area contributed by atoms with Gasteiger partial charge in [-0.05, 0) is 36.6 Å². The van der Waals surface area contributed by atoms with E-state index in [1.54, 1.807) is 6.92 Å². The van der Waals surface area contributed by atoms with Crippen molar-refractivity contribution in [1.29, 1.82) is 0 Å². The van der Waals surface area contributed by atoms with E-state index in [4.69, 9.17) is 0 Å². The van der Waals surface area contributed by atoms with Crippen molar-refractivity contribution in [2.24, 2.45) is 5.92 Å². The Morgan fingerprint density at radius 2 is 2.05 bits per heavy atom. The summed E-state index contributed by atoms with van der Waals surface area (Å²) in [6.07, 6.45) is 1.03. The molecular formula is C17H27N3O. The van der Waals surface area contributed by atoms with Crippen molar-refractivity contribution >= 4 is 11.6 Å². The van der Waals surface area contributed by atoms with Crippen LogP contribution in [0.15, 0.2) is 24.3 Å². The molecule has 4 nitrogen and oxygen atoms in total. The summed E-state index contributed by atoms with van der Waals surface area (Å²) in [4.78, 5) is 13.4. The van der Waals surface area contributed by atoms with Crippen molar-refractivity contribution in [2.75, 3.05) is 24.5 Å². The molecule has 2 rings (SSSR count). The quantitative estimate of drug-likeness (QED) is 0.843. The Morgan fingerprint density at radius 1 is 1.33 bits per heavy atom. The predicted octanol–water partition coefficient (Wildman–Crippen LogP) is 2.15. The van der Waals surface area contributed by atoms with Crippen LogP contribution in [0.5, 0.6) is 0 Å². The molecule has 1 aromatic carbocycles. The van der Waals surface area contributed by atoms with Crippen molar-refractivity contribution in [3.8, 4) is 0 Å². The normalized spacial score (nSPS) is 18.3. The maximum absolute atomic E-state index is 11.1. The van der Waals surface area contributed by atoms with Crippen LogP contribution >= 0.6 is 0 Å². The number of amides is 1. The smallest absolute Gasteiger partial charge is 0.217 e. The lowest BCUT2D eigenvalue weighted by molar-refractivity contribution is -0.119. The van der Waals surface area contributed by atoms with E-state index in [0.717, 1.165) is 32.6 Å². The Balaban J connectivity index is 1.83. The highest BCUT2D eigenvalue weighted by Gasteiger charge is 2.22. The zero-order valence-electron chi connectivity index (χ0n) is 13.4. The first-order valence-corrected chi connectivity index (χ1v) is 7.86. The van der Waals surface area contributed by atoms with Gasteiger partial charge in [0.25, 0.3) is 0 Å². The molecule has 1 aliphatic rings. The molecule has 1 saturated heterocycles. The van der Waals surface area contributed by atoms with Crippen molar-refractivity contribution in [2.45, 2.75) is 39.8 Å². The van der Waals surface area contributed by atoms with E-state index in [1.165, 1.54) is 11.3 Å². The Hall–Kier alpha value is -1.55. The second-order valence-electron chi connectivity index (χ2n) is 6.32. The molecule has 1 atom stereocenters. The monoisotopic (exact) mass is 289 g/mol. The predicted molar refractivity (Wildman–Crippen MR) is 87.4 cm³/mol. The lowest BCUT2D eigenvalue weighted by Crippen LogP contribution is -2.35. The summed E-state index contributed by atoms with van der Waals surface area (Å²) >= 11 is 0. The Morgan fingerprint density at radius 3 is 2.67 bits per heavy atom. The molecular weight excluding hydrogens is 262 g/mol. The number of benzene rings is 1. The molecule has 0 aliphatic carbocycles. The number of nitrogens with zero attached hydrogens (tertiary/aromatic N) is 1. The van der Waals surface area contributed by atoms with Crippen molar-refractivity contribution in [3.63, 3.8) is 0 Å². The largest absolute Gasteiger partial charge is 0.369 e. The molecule has 1 heterocycles. The molecule has 0 radical (unpaired) electrons. The van der Waals surface area contributed by atoms with Crippen LogP contribution in [-0.4, -0.2) is 31.6 Å². The van der Waals surface area contributed by atoms with E-state index >= 15 is 0 Å². The fourth-order valence-corrected chi connectivity index (χ4v) is 2.73. The van der Waals surface area contributed by atoms with Crippen LogP contribution in [0.3, 0.4) is 0 Å². The van der Waals surface area contributed by atoms with Gasteiger partial charge in [0, 0.05) is 38.3 Å². The molecule has 1 amide bonds. The molecule has 2 N–H and O–H groups in total. The van der Waals surface area contributed by atoms with Crippen molar-refractivity contribution < 1.29 is 4.79 Å². The molecule has 1 fully saturated rings. The topological polar surface area (TPSA) is 44.4 Å². The van der Waals surface area contributed by atoms with E-state index in [-0.39, 0.29) is 11.9 Å².